The standard InChI is InChI=1S/C25H27FN2O4S2/c1-34(30,31)28(17-25(29)27-15-16-33-19-21-9-5-6-10-24(21)26)22-11-13-23(14-12-22)32-18-20-7-3-2-4-8-20/h2-14H,15-19H2,1H3,(H,27,29). The molecule has 1 N–H and O–H groups in total. The predicted octanol–water partition coefficient (Wildman–Crippen LogP) is 4.22. The fourth-order valence-corrected chi connectivity index (χ4v) is 4.80. The molecule has 0 aliphatic heterocycles. The third-order valence-electron chi connectivity index (χ3n) is 4.84. The predicted molar refractivity (Wildman–Crippen MR) is 135 cm³/mol. The number of benzene rings is 3. The number of amides is 1. The molecule has 180 valence electrons. The molecule has 0 saturated heterocycles. The molecule has 0 spiro atoms. The van der Waals surface area contributed by atoms with Gasteiger partial charge in [-0.1, -0.05) is 48.5 Å². The van der Waals surface area contributed by atoms with Gasteiger partial charge in [-0.2, -0.15) is 11.8 Å². The molecule has 0 radical (unpaired) electrons. The monoisotopic (exact) mass is 502 g/mol. The molecule has 9 heteroatoms. The molecule has 0 saturated carbocycles. The maximum absolute atomic E-state index is 13.6. The topological polar surface area (TPSA) is 75.7 Å². The maximum atomic E-state index is 13.6. The molecule has 0 aliphatic rings. The van der Waals surface area contributed by atoms with Crippen LogP contribution in [0.15, 0.2) is 78.9 Å². The van der Waals surface area contributed by atoms with Crippen LogP contribution in [0.3, 0.4) is 0 Å². The minimum absolute atomic E-state index is 0.251. The third-order valence-corrected chi connectivity index (χ3v) is 6.99. The molecule has 0 aliphatic carbocycles. The van der Waals surface area contributed by atoms with Crippen molar-refractivity contribution in [2.75, 3.05) is 29.4 Å². The molecule has 6 nitrogen and oxygen atoms in total. The van der Waals surface area contributed by atoms with Gasteiger partial charge in [0.25, 0.3) is 0 Å². The number of sulfonamides is 1. The van der Waals surface area contributed by atoms with Crippen molar-refractivity contribution in [3.05, 3.63) is 95.8 Å². The van der Waals surface area contributed by atoms with E-state index in [-0.39, 0.29) is 12.4 Å². The first kappa shape index (κ1) is 25.6. The van der Waals surface area contributed by atoms with Gasteiger partial charge in [-0.3, -0.25) is 9.10 Å². The molecule has 34 heavy (non-hydrogen) atoms. The third kappa shape index (κ3) is 8.07. The Labute approximate surface area is 204 Å². The van der Waals surface area contributed by atoms with Crippen molar-refractivity contribution in [1.82, 2.24) is 5.32 Å². The molecule has 0 heterocycles. The Morgan fingerprint density at radius 3 is 2.35 bits per heavy atom. The van der Waals surface area contributed by atoms with Crippen LogP contribution in [0.1, 0.15) is 11.1 Å². The molecular formula is C25H27FN2O4S2. The van der Waals surface area contributed by atoms with Crippen molar-refractivity contribution in [2.45, 2.75) is 12.4 Å². The number of hydrogen-bond acceptors (Lipinski definition) is 5. The number of hydrogen-bond donors (Lipinski definition) is 1. The second kappa shape index (κ2) is 12.4. The molecule has 3 aromatic rings. The average molecular weight is 503 g/mol. The van der Waals surface area contributed by atoms with E-state index >= 15 is 0 Å². The number of nitrogens with zero attached hydrogens (tertiary/aromatic N) is 1. The van der Waals surface area contributed by atoms with Crippen LogP contribution in [0, 0.1) is 5.82 Å². The smallest absolute Gasteiger partial charge is 0.240 e. The first-order valence-electron chi connectivity index (χ1n) is 10.7. The van der Waals surface area contributed by atoms with Crippen LogP contribution in [0.25, 0.3) is 0 Å². The fourth-order valence-electron chi connectivity index (χ4n) is 3.10. The van der Waals surface area contributed by atoms with E-state index in [1.54, 1.807) is 42.5 Å². The van der Waals surface area contributed by atoms with Crippen LogP contribution >= 0.6 is 11.8 Å². The van der Waals surface area contributed by atoms with Crippen molar-refractivity contribution < 1.29 is 22.3 Å². The van der Waals surface area contributed by atoms with Crippen molar-refractivity contribution in [2.24, 2.45) is 0 Å². The van der Waals surface area contributed by atoms with Gasteiger partial charge in [0, 0.05) is 18.1 Å². The second-order valence-corrected chi connectivity index (χ2v) is 10.5. The summed E-state index contributed by atoms with van der Waals surface area (Å²) in [6, 6.07) is 22.8. The van der Waals surface area contributed by atoms with Crippen LogP contribution in [-0.4, -0.2) is 39.4 Å². The van der Waals surface area contributed by atoms with Crippen LogP contribution in [0.4, 0.5) is 10.1 Å². The second-order valence-electron chi connectivity index (χ2n) is 7.53. The zero-order valence-electron chi connectivity index (χ0n) is 18.8. The lowest BCUT2D eigenvalue weighted by Crippen LogP contribution is -2.41. The molecule has 0 unspecified atom stereocenters. The highest BCUT2D eigenvalue weighted by Gasteiger charge is 2.20. The van der Waals surface area contributed by atoms with Crippen LogP contribution in [0.5, 0.6) is 5.75 Å². The summed E-state index contributed by atoms with van der Waals surface area (Å²) >= 11 is 1.49. The molecule has 0 atom stereocenters. The van der Waals surface area contributed by atoms with Crippen molar-refractivity contribution in [3.63, 3.8) is 0 Å². The number of halogens is 1. The summed E-state index contributed by atoms with van der Waals surface area (Å²) in [4.78, 5) is 12.4. The van der Waals surface area contributed by atoms with Crippen LogP contribution < -0.4 is 14.4 Å². The summed E-state index contributed by atoms with van der Waals surface area (Å²) in [5.74, 6) is 1.00. The Bertz CT molecular complexity index is 1170. The summed E-state index contributed by atoms with van der Waals surface area (Å²) in [6.07, 6.45) is 1.06. The number of ether oxygens (including phenoxy) is 1. The van der Waals surface area contributed by atoms with Gasteiger partial charge in [0.05, 0.1) is 11.9 Å². The first-order valence-corrected chi connectivity index (χ1v) is 13.7. The Kier molecular flexibility index (Phi) is 9.35. The Hall–Kier alpha value is -3.04. The van der Waals surface area contributed by atoms with Gasteiger partial charge >= 0.3 is 0 Å². The van der Waals surface area contributed by atoms with E-state index < -0.39 is 15.9 Å². The molecular weight excluding hydrogens is 475 g/mol. The number of anilines is 1. The largest absolute Gasteiger partial charge is 0.489 e. The quantitative estimate of drug-likeness (QED) is 0.376. The SMILES string of the molecule is CS(=O)(=O)N(CC(=O)NCCSCc1ccccc1F)c1ccc(OCc2ccccc2)cc1. The number of thioether (sulfide) groups is 1. The van der Waals surface area contributed by atoms with E-state index in [2.05, 4.69) is 5.32 Å². The van der Waals surface area contributed by atoms with Gasteiger partial charge in [-0.25, -0.2) is 12.8 Å². The van der Waals surface area contributed by atoms with Crippen molar-refractivity contribution in [1.29, 1.82) is 0 Å². The summed E-state index contributed by atoms with van der Waals surface area (Å²) in [6.45, 7) is 0.413. The van der Waals surface area contributed by atoms with E-state index in [9.17, 15) is 17.6 Å². The van der Waals surface area contributed by atoms with Gasteiger partial charge in [0.15, 0.2) is 0 Å². The normalized spacial score (nSPS) is 11.1. The highest BCUT2D eigenvalue weighted by Crippen LogP contribution is 2.22. The highest BCUT2D eigenvalue weighted by molar-refractivity contribution is 7.98. The lowest BCUT2D eigenvalue weighted by Gasteiger charge is -2.22. The van der Waals surface area contributed by atoms with Gasteiger partial charge in [-0.15, -0.1) is 0 Å². The van der Waals surface area contributed by atoms with Gasteiger partial charge < -0.3 is 10.1 Å². The number of nitrogens with one attached hydrogen (secondary N) is 1. The van der Waals surface area contributed by atoms with Gasteiger partial charge in [0.2, 0.25) is 15.9 Å². The van der Waals surface area contributed by atoms with Crippen molar-refractivity contribution >= 4 is 33.4 Å². The minimum atomic E-state index is -3.67. The average Bonchev–Trinajstić information content (AvgIpc) is 2.82. The molecule has 0 bridgehead atoms. The molecule has 3 rings (SSSR count). The summed E-state index contributed by atoms with van der Waals surface area (Å²) < 4.78 is 45.0. The summed E-state index contributed by atoms with van der Waals surface area (Å²) in [7, 11) is -3.67. The van der Waals surface area contributed by atoms with E-state index in [1.807, 2.05) is 30.3 Å². The molecule has 0 fully saturated rings. The zero-order chi connectivity index (χ0) is 24.4. The number of rotatable bonds is 12. The number of carbonyl (C=O) groups is 1. The maximum Gasteiger partial charge on any atom is 0.240 e. The fraction of sp³-hybridized carbons (Fsp3) is 0.240. The highest BCUT2D eigenvalue weighted by atomic mass is 32.2. The van der Waals surface area contributed by atoms with Gasteiger partial charge in [0.1, 0.15) is 24.7 Å². The van der Waals surface area contributed by atoms with Gasteiger partial charge in [-0.05, 0) is 41.5 Å². The Balaban J connectivity index is 1.49. The molecule has 3 aromatic carbocycles. The molecule has 1 amide bonds. The Morgan fingerprint density at radius 1 is 1.00 bits per heavy atom. The van der Waals surface area contributed by atoms with Crippen LogP contribution in [-0.2, 0) is 27.2 Å². The van der Waals surface area contributed by atoms with E-state index in [1.165, 1.54) is 17.8 Å². The van der Waals surface area contributed by atoms with E-state index in [4.69, 9.17) is 4.74 Å². The first-order chi connectivity index (χ1) is 16.3. The lowest BCUT2D eigenvalue weighted by molar-refractivity contribution is -0.119. The van der Waals surface area contributed by atoms with E-state index in [0.717, 1.165) is 16.1 Å². The summed E-state index contributed by atoms with van der Waals surface area (Å²) in [5.41, 5.74) is 2.00. The lowest BCUT2D eigenvalue weighted by atomic mass is 10.2. The minimum Gasteiger partial charge on any atom is -0.489 e. The van der Waals surface area contributed by atoms with Crippen LogP contribution in [0.2, 0.25) is 0 Å². The Morgan fingerprint density at radius 2 is 1.68 bits per heavy atom. The summed E-state index contributed by atoms with van der Waals surface area (Å²) in [5, 5.41) is 2.72. The molecule has 0 aromatic heterocycles. The zero-order valence-corrected chi connectivity index (χ0v) is 20.4. The van der Waals surface area contributed by atoms with Crippen molar-refractivity contribution in [3.8, 4) is 5.75 Å². The number of carbonyl (C=O) groups excluding carboxylic acids is 1. The van der Waals surface area contributed by atoms with E-state index in [0.29, 0.717) is 41.7 Å².